The van der Waals surface area contributed by atoms with Gasteiger partial charge in [-0.05, 0) is 24.1 Å². The second-order valence-electron chi connectivity index (χ2n) is 6.25. The predicted octanol–water partition coefficient (Wildman–Crippen LogP) is 4.05. The second kappa shape index (κ2) is 9.53. The third kappa shape index (κ3) is 4.53. The van der Waals surface area contributed by atoms with Gasteiger partial charge in [0.05, 0.1) is 7.11 Å². The lowest BCUT2D eigenvalue weighted by atomic mass is 9.84. The van der Waals surface area contributed by atoms with Crippen molar-refractivity contribution in [3.63, 3.8) is 0 Å². The van der Waals surface area contributed by atoms with Gasteiger partial charge in [-0.25, -0.2) is 4.79 Å². The van der Waals surface area contributed by atoms with Gasteiger partial charge in [0, 0.05) is 18.5 Å². The van der Waals surface area contributed by atoms with E-state index in [1.807, 2.05) is 36.4 Å². The third-order valence-corrected chi connectivity index (χ3v) is 4.48. The lowest BCUT2D eigenvalue weighted by Crippen LogP contribution is -2.59. The standard InChI is InChI=1S/C23H25NO3/c1-4-16-23(22(26)27-3,18-19-12-8-6-9-13-19)24(17-5-2)21(25)20-14-10-7-11-15-20/h4-15H,1-2,16-18H2,3H3. The second-order valence-corrected chi connectivity index (χ2v) is 6.25. The number of nitrogens with zero attached hydrogens (tertiary/aromatic N) is 1. The Hall–Kier alpha value is -3.14. The molecule has 0 saturated carbocycles. The number of ether oxygens (including phenoxy) is 1. The molecular formula is C23H25NO3. The average molecular weight is 363 g/mol. The van der Waals surface area contributed by atoms with Crippen LogP contribution in [-0.4, -0.2) is 36.0 Å². The molecule has 2 aromatic rings. The molecule has 4 nitrogen and oxygen atoms in total. The van der Waals surface area contributed by atoms with E-state index in [-0.39, 0.29) is 18.9 Å². The Morgan fingerprint density at radius 2 is 1.59 bits per heavy atom. The highest BCUT2D eigenvalue weighted by atomic mass is 16.5. The molecule has 2 aromatic carbocycles. The fourth-order valence-electron chi connectivity index (χ4n) is 3.22. The molecule has 0 N–H and O–H groups in total. The number of hydrogen-bond donors (Lipinski definition) is 0. The highest BCUT2D eigenvalue weighted by molar-refractivity contribution is 5.98. The van der Waals surface area contributed by atoms with Crippen LogP contribution in [0.2, 0.25) is 0 Å². The molecule has 1 atom stereocenters. The van der Waals surface area contributed by atoms with E-state index >= 15 is 0 Å². The van der Waals surface area contributed by atoms with Gasteiger partial charge in [0.15, 0.2) is 0 Å². The Balaban J connectivity index is 2.58. The maximum atomic E-state index is 13.3. The zero-order valence-electron chi connectivity index (χ0n) is 15.6. The van der Waals surface area contributed by atoms with E-state index in [1.54, 1.807) is 36.4 Å². The largest absolute Gasteiger partial charge is 0.467 e. The van der Waals surface area contributed by atoms with Crippen LogP contribution in [0.15, 0.2) is 86.0 Å². The molecule has 0 aromatic heterocycles. The van der Waals surface area contributed by atoms with Crippen molar-refractivity contribution in [1.29, 1.82) is 0 Å². The summed E-state index contributed by atoms with van der Waals surface area (Å²) in [6.07, 6.45) is 3.85. The molecule has 1 unspecified atom stereocenters. The van der Waals surface area contributed by atoms with Gasteiger partial charge < -0.3 is 9.64 Å². The topological polar surface area (TPSA) is 46.6 Å². The first-order valence-electron chi connectivity index (χ1n) is 8.80. The van der Waals surface area contributed by atoms with Crippen LogP contribution in [0.1, 0.15) is 22.3 Å². The molecule has 140 valence electrons. The summed E-state index contributed by atoms with van der Waals surface area (Å²) in [6.45, 7) is 7.79. The molecular weight excluding hydrogens is 338 g/mol. The highest BCUT2D eigenvalue weighted by Crippen LogP contribution is 2.29. The monoisotopic (exact) mass is 363 g/mol. The molecule has 1 amide bonds. The zero-order valence-corrected chi connectivity index (χ0v) is 15.6. The number of carbonyl (C=O) groups is 2. The molecule has 0 radical (unpaired) electrons. The van der Waals surface area contributed by atoms with Gasteiger partial charge in [0.1, 0.15) is 5.54 Å². The van der Waals surface area contributed by atoms with Crippen LogP contribution in [-0.2, 0) is 16.0 Å². The number of amides is 1. The first kappa shape index (κ1) is 20.2. The van der Waals surface area contributed by atoms with E-state index in [9.17, 15) is 9.59 Å². The molecule has 0 spiro atoms. The molecule has 0 aliphatic carbocycles. The highest BCUT2D eigenvalue weighted by Gasteiger charge is 2.46. The number of methoxy groups -OCH3 is 1. The number of hydrogen-bond acceptors (Lipinski definition) is 3. The fraction of sp³-hybridized carbons (Fsp3) is 0.217. The quantitative estimate of drug-likeness (QED) is 0.499. The van der Waals surface area contributed by atoms with Crippen molar-refractivity contribution in [2.45, 2.75) is 18.4 Å². The van der Waals surface area contributed by atoms with Crippen molar-refractivity contribution < 1.29 is 14.3 Å². The van der Waals surface area contributed by atoms with E-state index < -0.39 is 11.5 Å². The zero-order chi connectivity index (χ0) is 19.7. The molecule has 0 saturated heterocycles. The van der Waals surface area contributed by atoms with E-state index in [0.717, 1.165) is 5.56 Å². The summed E-state index contributed by atoms with van der Waals surface area (Å²) in [6, 6.07) is 18.5. The van der Waals surface area contributed by atoms with Gasteiger partial charge in [-0.3, -0.25) is 4.79 Å². The predicted molar refractivity (Wildman–Crippen MR) is 107 cm³/mol. The number of esters is 1. The smallest absolute Gasteiger partial charge is 0.332 e. The Kier molecular flexibility index (Phi) is 7.12. The van der Waals surface area contributed by atoms with E-state index in [1.165, 1.54) is 12.0 Å². The van der Waals surface area contributed by atoms with E-state index in [4.69, 9.17) is 4.74 Å². The SMILES string of the molecule is C=CCN(C(=O)c1ccccc1)C(CC=C)(Cc1ccccc1)C(=O)OC. The normalized spacial score (nSPS) is 12.5. The fourth-order valence-corrected chi connectivity index (χ4v) is 3.22. The summed E-state index contributed by atoms with van der Waals surface area (Å²) in [5.74, 6) is -0.726. The molecule has 27 heavy (non-hydrogen) atoms. The van der Waals surface area contributed by atoms with Crippen LogP contribution in [0.5, 0.6) is 0 Å². The Bertz CT molecular complexity index is 786. The summed E-state index contributed by atoms with van der Waals surface area (Å²) in [4.78, 5) is 27.8. The minimum absolute atomic E-state index is 0.212. The lowest BCUT2D eigenvalue weighted by molar-refractivity contribution is -0.153. The van der Waals surface area contributed by atoms with Crippen molar-refractivity contribution in [1.82, 2.24) is 4.90 Å². The molecule has 2 rings (SSSR count). The third-order valence-electron chi connectivity index (χ3n) is 4.48. The summed E-state index contributed by atoms with van der Waals surface area (Å²) >= 11 is 0. The maximum absolute atomic E-state index is 13.3. The summed E-state index contributed by atoms with van der Waals surface area (Å²) in [7, 11) is 1.34. The molecule has 0 aliphatic heterocycles. The molecule has 0 bridgehead atoms. The Labute approximate surface area is 160 Å². The van der Waals surface area contributed by atoms with Crippen LogP contribution in [0.4, 0.5) is 0 Å². The van der Waals surface area contributed by atoms with E-state index in [0.29, 0.717) is 12.0 Å². The van der Waals surface area contributed by atoms with Crippen molar-refractivity contribution in [2.75, 3.05) is 13.7 Å². The van der Waals surface area contributed by atoms with Gasteiger partial charge in [-0.15, -0.1) is 13.2 Å². The summed E-state index contributed by atoms with van der Waals surface area (Å²) in [5.41, 5.74) is 0.225. The summed E-state index contributed by atoms with van der Waals surface area (Å²) < 4.78 is 5.14. The van der Waals surface area contributed by atoms with E-state index in [2.05, 4.69) is 13.2 Å². The number of benzene rings is 2. The van der Waals surface area contributed by atoms with Crippen molar-refractivity contribution in [3.8, 4) is 0 Å². The lowest BCUT2D eigenvalue weighted by Gasteiger charge is -2.41. The van der Waals surface area contributed by atoms with Crippen molar-refractivity contribution in [2.24, 2.45) is 0 Å². The van der Waals surface area contributed by atoms with Crippen LogP contribution >= 0.6 is 0 Å². The number of carbonyl (C=O) groups excluding carboxylic acids is 2. The van der Waals surface area contributed by atoms with Gasteiger partial charge in [0.25, 0.3) is 5.91 Å². The average Bonchev–Trinajstić information content (AvgIpc) is 2.72. The van der Waals surface area contributed by atoms with Gasteiger partial charge in [-0.1, -0.05) is 60.7 Å². The minimum Gasteiger partial charge on any atom is -0.467 e. The molecule has 4 heteroatoms. The first-order chi connectivity index (χ1) is 13.1. The Morgan fingerprint density at radius 1 is 1.00 bits per heavy atom. The van der Waals surface area contributed by atoms with Crippen LogP contribution in [0.25, 0.3) is 0 Å². The Morgan fingerprint density at radius 3 is 2.11 bits per heavy atom. The summed E-state index contributed by atoms with van der Waals surface area (Å²) in [5, 5.41) is 0. The molecule has 0 heterocycles. The van der Waals surface area contributed by atoms with Crippen molar-refractivity contribution >= 4 is 11.9 Å². The van der Waals surface area contributed by atoms with Gasteiger partial charge in [0.2, 0.25) is 0 Å². The number of rotatable bonds is 9. The maximum Gasteiger partial charge on any atom is 0.332 e. The molecule has 0 aliphatic rings. The first-order valence-corrected chi connectivity index (χ1v) is 8.80. The van der Waals surface area contributed by atoms with Crippen LogP contribution in [0.3, 0.4) is 0 Å². The molecule has 0 fully saturated rings. The van der Waals surface area contributed by atoms with Crippen LogP contribution in [0, 0.1) is 0 Å². The van der Waals surface area contributed by atoms with Crippen LogP contribution < -0.4 is 0 Å². The van der Waals surface area contributed by atoms with Crippen molar-refractivity contribution in [3.05, 3.63) is 97.1 Å². The van der Waals surface area contributed by atoms with Gasteiger partial charge >= 0.3 is 5.97 Å². The van der Waals surface area contributed by atoms with Gasteiger partial charge in [-0.2, -0.15) is 0 Å². The minimum atomic E-state index is -1.21.